The van der Waals surface area contributed by atoms with E-state index >= 15 is 0 Å². The number of aliphatic hydroxyl groups excluding tert-OH is 1. The second-order valence-corrected chi connectivity index (χ2v) is 9.93. The number of halogens is 1. The summed E-state index contributed by atoms with van der Waals surface area (Å²) in [6, 6.07) is 11.0. The van der Waals surface area contributed by atoms with Gasteiger partial charge in [-0.05, 0) is 48.4 Å². The van der Waals surface area contributed by atoms with E-state index in [2.05, 4.69) is 32.3 Å². The average Bonchev–Trinajstić information content (AvgIpc) is 3.36. The van der Waals surface area contributed by atoms with Crippen molar-refractivity contribution < 1.29 is 19.3 Å². The topological polar surface area (TPSA) is 125 Å². The molecule has 2 aromatic carbocycles. The summed E-state index contributed by atoms with van der Waals surface area (Å²) in [5.74, 6) is 0.972. The van der Waals surface area contributed by atoms with Gasteiger partial charge in [0.25, 0.3) is 5.56 Å². The summed E-state index contributed by atoms with van der Waals surface area (Å²) in [7, 11) is 3.21. The van der Waals surface area contributed by atoms with Crippen molar-refractivity contribution in [3.63, 3.8) is 0 Å². The molecule has 206 valence electrons. The number of hydrogen-bond acceptors (Lipinski definition) is 8. The van der Waals surface area contributed by atoms with E-state index in [0.717, 1.165) is 35.4 Å². The summed E-state index contributed by atoms with van der Waals surface area (Å²) in [6.45, 7) is 4.84. The number of rotatable bonds is 9. The van der Waals surface area contributed by atoms with Crippen LogP contribution in [0.2, 0.25) is 5.02 Å². The lowest BCUT2D eigenvalue weighted by molar-refractivity contribution is -0.0100. The molecule has 3 heterocycles. The highest BCUT2D eigenvalue weighted by Gasteiger charge is 2.23. The third-order valence-corrected chi connectivity index (χ3v) is 7.16. The van der Waals surface area contributed by atoms with Crippen molar-refractivity contribution in [1.82, 2.24) is 15.0 Å². The van der Waals surface area contributed by atoms with Gasteiger partial charge in [-0.1, -0.05) is 17.7 Å². The maximum atomic E-state index is 13.0. The Kier molecular flexibility index (Phi) is 8.08. The first-order valence-electron chi connectivity index (χ1n) is 12.7. The molecule has 0 spiro atoms. The fraction of sp³-hybridized carbons (Fsp3) is 0.357. The Balaban J connectivity index is 1.41. The summed E-state index contributed by atoms with van der Waals surface area (Å²) in [5, 5.41) is 14.4. The van der Waals surface area contributed by atoms with Crippen LogP contribution in [0.4, 0.5) is 11.4 Å². The molecule has 1 fully saturated rings. The zero-order valence-corrected chi connectivity index (χ0v) is 22.8. The number of methoxy groups -OCH3 is 2. The number of imidazole rings is 1. The number of ether oxygens (including phenoxy) is 3. The third-order valence-electron chi connectivity index (χ3n) is 6.86. The van der Waals surface area contributed by atoms with Crippen molar-refractivity contribution in [3.05, 3.63) is 69.1 Å². The van der Waals surface area contributed by atoms with Gasteiger partial charge >= 0.3 is 0 Å². The zero-order chi connectivity index (χ0) is 27.5. The van der Waals surface area contributed by atoms with E-state index in [1.165, 1.54) is 7.11 Å². The summed E-state index contributed by atoms with van der Waals surface area (Å²) < 4.78 is 16.3. The highest BCUT2D eigenvalue weighted by Crippen LogP contribution is 2.31. The van der Waals surface area contributed by atoms with Crippen molar-refractivity contribution in [1.29, 1.82) is 0 Å². The van der Waals surface area contributed by atoms with E-state index in [0.29, 0.717) is 46.6 Å². The van der Waals surface area contributed by atoms with Crippen LogP contribution < -0.4 is 20.5 Å². The minimum absolute atomic E-state index is 0.0119. The monoisotopic (exact) mass is 553 g/mol. The summed E-state index contributed by atoms with van der Waals surface area (Å²) >= 11 is 6.22. The van der Waals surface area contributed by atoms with Crippen LogP contribution >= 0.6 is 11.6 Å². The predicted octanol–water partition coefficient (Wildman–Crippen LogP) is 3.89. The number of anilines is 2. The van der Waals surface area contributed by atoms with Gasteiger partial charge < -0.3 is 39.5 Å². The minimum atomic E-state index is -0.864. The average molecular weight is 554 g/mol. The number of hydrogen-bond donors (Lipinski definition) is 4. The molecule has 0 radical (unpaired) electrons. The van der Waals surface area contributed by atoms with Gasteiger partial charge in [0.1, 0.15) is 17.1 Å². The maximum absolute atomic E-state index is 13.0. The first kappa shape index (κ1) is 27.0. The number of benzene rings is 2. The van der Waals surface area contributed by atoms with Gasteiger partial charge in [0.15, 0.2) is 0 Å². The second kappa shape index (κ2) is 11.7. The number of pyridine rings is 1. The molecule has 2 atom stereocenters. The number of morpholine rings is 1. The Hall–Kier alpha value is -3.57. The Labute approximate surface area is 230 Å². The molecule has 4 N–H and O–H groups in total. The Morgan fingerprint density at radius 2 is 2.13 bits per heavy atom. The molecule has 39 heavy (non-hydrogen) atoms. The van der Waals surface area contributed by atoms with Gasteiger partial charge in [-0.15, -0.1) is 0 Å². The molecule has 1 aliphatic heterocycles. The van der Waals surface area contributed by atoms with E-state index in [1.54, 1.807) is 37.6 Å². The number of aryl methyl sites for hydroxylation is 1. The van der Waals surface area contributed by atoms with Crippen molar-refractivity contribution in [3.8, 4) is 17.1 Å². The van der Waals surface area contributed by atoms with Crippen molar-refractivity contribution in [2.75, 3.05) is 57.3 Å². The first-order valence-corrected chi connectivity index (χ1v) is 13.1. The number of nitrogens with zero attached hydrogens (tertiary/aromatic N) is 2. The maximum Gasteiger partial charge on any atom is 0.261 e. The number of fused-ring (bicyclic) bond motifs is 1. The number of H-pyrrole nitrogens is 2. The van der Waals surface area contributed by atoms with E-state index in [1.807, 2.05) is 6.92 Å². The van der Waals surface area contributed by atoms with E-state index in [9.17, 15) is 9.90 Å². The Bertz CT molecular complexity index is 1520. The molecule has 0 aliphatic carbocycles. The Morgan fingerprint density at radius 3 is 2.90 bits per heavy atom. The second-order valence-electron chi connectivity index (χ2n) is 9.52. The Morgan fingerprint density at radius 1 is 1.28 bits per heavy atom. The lowest BCUT2D eigenvalue weighted by Gasteiger charge is -2.34. The van der Waals surface area contributed by atoms with Gasteiger partial charge in [-0.2, -0.15) is 0 Å². The number of aliphatic hydroxyl groups is 1. The SMILES string of the molecule is COC[C@@H]1CN(c2cc(C)c3nc(-c4c(NC[C@H](O)c5ccc(OC)c(Cl)c5)cc[nH]c4=O)[nH]c3c2)CCO1. The normalized spacial score (nSPS) is 16.4. The molecule has 4 aromatic rings. The van der Waals surface area contributed by atoms with Crippen molar-refractivity contribution >= 4 is 34.0 Å². The number of aromatic nitrogens is 3. The molecule has 11 heteroatoms. The highest BCUT2D eigenvalue weighted by atomic mass is 35.5. The lowest BCUT2D eigenvalue weighted by atomic mass is 10.1. The molecule has 0 unspecified atom stereocenters. The fourth-order valence-corrected chi connectivity index (χ4v) is 5.15. The summed E-state index contributed by atoms with van der Waals surface area (Å²) in [5.41, 5.74) is 4.91. The molecule has 0 saturated carbocycles. The zero-order valence-electron chi connectivity index (χ0n) is 22.1. The summed E-state index contributed by atoms with van der Waals surface area (Å²) in [4.78, 5) is 26.1. The van der Waals surface area contributed by atoms with Crippen LogP contribution in [-0.4, -0.2) is 73.2 Å². The van der Waals surface area contributed by atoms with Crippen LogP contribution in [0.5, 0.6) is 5.75 Å². The highest BCUT2D eigenvalue weighted by molar-refractivity contribution is 6.32. The minimum Gasteiger partial charge on any atom is -0.495 e. The quantitative estimate of drug-likeness (QED) is 0.246. The first-order chi connectivity index (χ1) is 18.9. The number of nitrogens with one attached hydrogen (secondary N) is 3. The molecule has 0 bridgehead atoms. The lowest BCUT2D eigenvalue weighted by Crippen LogP contribution is -2.44. The smallest absolute Gasteiger partial charge is 0.261 e. The van der Waals surface area contributed by atoms with Crippen LogP contribution in [0.1, 0.15) is 17.2 Å². The predicted molar refractivity (Wildman–Crippen MR) is 152 cm³/mol. The van der Waals surface area contributed by atoms with Gasteiger partial charge in [0, 0.05) is 38.6 Å². The van der Waals surface area contributed by atoms with Crippen molar-refractivity contribution in [2.24, 2.45) is 0 Å². The van der Waals surface area contributed by atoms with Gasteiger partial charge in [-0.25, -0.2) is 4.98 Å². The van der Waals surface area contributed by atoms with E-state index in [-0.39, 0.29) is 18.2 Å². The molecule has 0 amide bonds. The third kappa shape index (κ3) is 5.74. The molecular weight excluding hydrogens is 522 g/mol. The number of aromatic amines is 2. The fourth-order valence-electron chi connectivity index (χ4n) is 4.89. The van der Waals surface area contributed by atoms with Crippen LogP contribution in [0.25, 0.3) is 22.4 Å². The van der Waals surface area contributed by atoms with Gasteiger partial charge in [0.05, 0.1) is 54.3 Å². The molecular formula is C28H32ClN5O5. The van der Waals surface area contributed by atoms with Crippen LogP contribution in [0.3, 0.4) is 0 Å². The standard InChI is InChI=1S/C28H32ClN5O5/c1-16-10-18(34-8-9-39-19(14-34)15-37-2)12-22-26(16)33-27(32-22)25-21(6-7-30-28(25)36)31-13-23(35)17-4-5-24(38-3)20(29)11-17/h4-7,10-12,19,23,35H,8-9,13-15H2,1-3H3,(H,32,33)(H2,30,31,36)/t19-,23-/m0/s1. The van der Waals surface area contributed by atoms with Crippen LogP contribution in [0.15, 0.2) is 47.4 Å². The van der Waals surface area contributed by atoms with Crippen molar-refractivity contribution in [2.45, 2.75) is 19.1 Å². The molecule has 10 nitrogen and oxygen atoms in total. The van der Waals surface area contributed by atoms with E-state index < -0.39 is 6.10 Å². The molecule has 1 aliphatic rings. The molecule has 5 rings (SSSR count). The van der Waals surface area contributed by atoms with Gasteiger partial charge in [0.2, 0.25) is 0 Å². The van der Waals surface area contributed by atoms with Crippen LogP contribution in [-0.2, 0) is 9.47 Å². The molecule has 2 aromatic heterocycles. The van der Waals surface area contributed by atoms with Crippen LogP contribution in [0, 0.1) is 6.92 Å². The van der Waals surface area contributed by atoms with E-state index in [4.69, 9.17) is 30.8 Å². The van der Waals surface area contributed by atoms with Gasteiger partial charge in [-0.3, -0.25) is 4.79 Å². The largest absolute Gasteiger partial charge is 0.495 e. The molecule has 1 saturated heterocycles. The summed E-state index contributed by atoms with van der Waals surface area (Å²) in [6.07, 6.45) is 0.709.